The van der Waals surface area contributed by atoms with E-state index in [2.05, 4.69) is 65.7 Å². The van der Waals surface area contributed by atoms with E-state index in [1.807, 2.05) is 0 Å². The smallest absolute Gasteiger partial charge is 0.251 e. The molecule has 5 atom stereocenters. The van der Waals surface area contributed by atoms with E-state index >= 15 is 0 Å². The van der Waals surface area contributed by atoms with Crippen molar-refractivity contribution in [3.05, 3.63) is 65.2 Å². The van der Waals surface area contributed by atoms with Crippen molar-refractivity contribution in [1.82, 2.24) is 5.32 Å². The Kier molecular flexibility index (Phi) is 4.33. The summed E-state index contributed by atoms with van der Waals surface area (Å²) in [6, 6.07) is 18.8. The van der Waals surface area contributed by atoms with Crippen molar-refractivity contribution in [2.24, 2.45) is 17.3 Å². The molecule has 3 unspecified atom stereocenters. The standard InChI is InChI=1S/C30H36N2O/c1-2-32-25-16-15-21(28(33)31-22-12-6-7-13-22)18-24(25)30-23(27(32)20-10-4-3-5-11-20)14-8-9-17-29(30)19-26(29)30/h3-5,10-11,15-16,18,22-23,26-27H,2,6-9,12-14,17,19H2,1H3,(H,31,33)/t23-,26?,27?,29?,30+/m0/s1. The summed E-state index contributed by atoms with van der Waals surface area (Å²) in [7, 11) is 0. The Labute approximate surface area is 197 Å². The van der Waals surface area contributed by atoms with Gasteiger partial charge < -0.3 is 10.2 Å². The van der Waals surface area contributed by atoms with E-state index in [1.54, 1.807) is 0 Å². The van der Waals surface area contributed by atoms with Crippen molar-refractivity contribution in [3.63, 3.8) is 0 Å². The van der Waals surface area contributed by atoms with Gasteiger partial charge in [0, 0.05) is 29.3 Å². The molecule has 33 heavy (non-hydrogen) atoms. The van der Waals surface area contributed by atoms with Gasteiger partial charge in [-0.05, 0) is 85.6 Å². The first kappa shape index (κ1) is 20.1. The molecule has 2 spiro atoms. The lowest BCUT2D eigenvalue weighted by Crippen LogP contribution is -2.48. The molecular weight excluding hydrogens is 404 g/mol. The number of anilines is 1. The van der Waals surface area contributed by atoms with Crippen LogP contribution in [-0.4, -0.2) is 18.5 Å². The maximum absolute atomic E-state index is 13.2. The predicted molar refractivity (Wildman–Crippen MR) is 133 cm³/mol. The van der Waals surface area contributed by atoms with Crippen LogP contribution in [-0.2, 0) is 5.41 Å². The van der Waals surface area contributed by atoms with Crippen LogP contribution in [0.2, 0.25) is 0 Å². The number of hydrogen-bond acceptors (Lipinski definition) is 2. The molecule has 0 saturated heterocycles. The van der Waals surface area contributed by atoms with E-state index in [0.717, 1.165) is 30.9 Å². The Morgan fingerprint density at radius 1 is 1.03 bits per heavy atom. The van der Waals surface area contributed by atoms with Crippen molar-refractivity contribution in [2.45, 2.75) is 82.2 Å². The zero-order chi connectivity index (χ0) is 22.2. The van der Waals surface area contributed by atoms with Gasteiger partial charge in [-0.1, -0.05) is 56.0 Å². The number of nitrogens with zero attached hydrogens (tertiary/aromatic N) is 1. The normalized spacial score (nSPS) is 36.2. The molecule has 4 aliphatic carbocycles. The van der Waals surface area contributed by atoms with Gasteiger partial charge in [0.15, 0.2) is 0 Å². The average molecular weight is 441 g/mol. The van der Waals surface area contributed by atoms with Crippen LogP contribution in [0.15, 0.2) is 48.5 Å². The molecule has 1 N–H and O–H groups in total. The second-order valence-corrected chi connectivity index (χ2v) is 11.5. The fourth-order valence-electron chi connectivity index (χ4n) is 8.82. The average Bonchev–Trinajstić information content (AvgIpc) is 3.63. The summed E-state index contributed by atoms with van der Waals surface area (Å²) in [4.78, 5) is 15.9. The number of amides is 1. The van der Waals surface area contributed by atoms with Crippen molar-refractivity contribution in [3.8, 4) is 0 Å². The molecule has 4 fully saturated rings. The van der Waals surface area contributed by atoms with Crippen LogP contribution in [0.4, 0.5) is 5.69 Å². The van der Waals surface area contributed by atoms with Gasteiger partial charge in [-0.3, -0.25) is 4.79 Å². The number of benzene rings is 2. The van der Waals surface area contributed by atoms with Crippen LogP contribution < -0.4 is 10.2 Å². The third-order valence-electron chi connectivity index (χ3n) is 10.2. The summed E-state index contributed by atoms with van der Waals surface area (Å²) in [5.41, 5.74) is 6.09. The molecule has 0 radical (unpaired) electrons. The summed E-state index contributed by atoms with van der Waals surface area (Å²) >= 11 is 0. The topological polar surface area (TPSA) is 32.3 Å². The van der Waals surface area contributed by atoms with Gasteiger partial charge in [-0.2, -0.15) is 0 Å². The summed E-state index contributed by atoms with van der Waals surface area (Å²) in [6.07, 6.45) is 11.6. The van der Waals surface area contributed by atoms with Gasteiger partial charge in [-0.15, -0.1) is 0 Å². The first-order valence-electron chi connectivity index (χ1n) is 13.5. The molecule has 172 valence electrons. The number of fused-ring (bicyclic) bond motifs is 1. The monoisotopic (exact) mass is 440 g/mol. The molecule has 3 heteroatoms. The highest BCUT2D eigenvalue weighted by Gasteiger charge is 2.91. The van der Waals surface area contributed by atoms with Crippen LogP contribution >= 0.6 is 0 Å². The van der Waals surface area contributed by atoms with Crippen LogP contribution in [0, 0.1) is 17.3 Å². The maximum atomic E-state index is 13.2. The molecule has 1 heterocycles. The first-order chi connectivity index (χ1) is 16.2. The Bertz CT molecular complexity index is 1090. The fourth-order valence-corrected chi connectivity index (χ4v) is 8.82. The third kappa shape index (κ3) is 2.60. The van der Waals surface area contributed by atoms with Gasteiger partial charge in [0.05, 0.1) is 6.04 Å². The van der Waals surface area contributed by atoms with Crippen molar-refractivity contribution >= 4 is 11.6 Å². The molecule has 2 aromatic carbocycles. The van der Waals surface area contributed by atoms with Crippen molar-refractivity contribution in [2.75, 3.05) is 11.4 Å². The van der Waals surface area contributed by atoms with Crippen LogP contribution in [0.5, 0.6) is 0 Å². The van der Waals surface area contributed by atoms with Gasteiger partial charge >= 0.3 is 0 Å². The molecule has 0 bridgehead atoms. The van der Waals surface area contributed by atoms with Gasteiger partial charge in [0.1, 0.15) is 0 Å². The lowest BCUT2D eigenvalue weighted by Gasteiger charge is -2.51. The quantitative estimate of drug-likeness (QED) is 0.598. The molecule has 3 nitrogen and oxygen atoms in total. The van der Waals surface area contributed by atoms with Crippen molar-refractivity contribution < 1.29 is 4.79 Å². The largest absolute Gasteiger partial charge is 0.364 e. The van der Waals surface area contributed by atoms with E-state index in [1.165, 1.54) is 61.8 Å². The molecule has 7 rings (SSSR count). The zero-order valence-corrected chi connectivity index (χ0v) is 19.9. The van der Waals surface area contributed by atoms with Gasteiger partial charge in [0.25, 0.3) is 5.91 Å². The highest BCUT2D eigenvalue weighted by Crippen LogP contribution is 2.94. The maximum Gasteiger partial charge on any atom is 0.251 e. The minimum atomic E-state index is 0.142. The summed E-state index contributed by atoms with van der Waals surface area (Å²) in [5.74, 6) is 1.64. The fraction of sp³-hybridized carbons (Fsp3) is 0.567. The molecule has 2 aromatic rings. The minimum Gasteiger partial charge on any atom is -0.364 e. The van der Waals surface area contributed by atoms with E-state index in [4.69, 9.17) is 0 Å². The molecule has 0 aromatic heterocycles. The number of nitrogens with one attached hydrogen (secondary N) is 1. The van der Waals surface area contributed by atoms with Gasteiger partial charge in [0.2, 0.25) is 0 Å². The Hall–Kier alpha value is -2.29. The zero-order valence-electron chi connectivity index (χ0n) is 19.9. The number of carbonyl (C=O) groups is 1. The predicted octanol–water partition coefficient (Wildman–Crippen LogP) is 6.39. The highest BCUT2D eigenvalue weighted by atomic mass is 16.1. The lowest BCUT2D eigenvalue weighted by atomic mass is 9.63. The third-order valence-corrected chi connectivity index (χ3v) is 10.2. The van der Waals surface area contributed by atoms with E-state index < -0.39 is 0 Å². The summed E-state index contributed by atoms with van der Waals surface area (Å²) in [5, 5.41) is 3.34. The minimum absolute atomic E-state index is 0.142. The summed E-state index contributed by atoms with van der Waals surface area (Å²) < 4.78 is 0. The number of rotatable bonds is 4. The second kappa shape index (κ2) is 7.10. The van der Waals surface area contributed by atoms with E-state index in [-0.39, 0.29) is 5.91 Å². The van der Waals surface area contributed by atoms with Crippen molar-refractivity contribution in [1.29, 1.82) is 0 Å². The number of hydrogen-bond donors (Lipinski definition) is 1. The first-order valence-corrected chi connectivity index (χ1v) is 13.5. The van der Waals surface area contributed by atoms with E-state index in [0.29, 0.717) is 28.8 Å². The van der Waals surface area contributed by atoms with Crippen LogP contribution in [0.25, 0.3) is 0 Å². The molecule has 1 aliphatic heterocycles. The Balaban J connectivity index is 1.35. The molecule has 4 saturated carbocycles. The lowest BCUT2D eigenvalue weighted by molar-refractivity contribution is 0.0937. The van der Waals surface area contributed by atoms with E-state index in [9.17, 15) is 4.79 Å². The van der Waals surface area contributed by atoms with Gasteiger partial charge in [-0.25, -0.2) is 0 Å². The Morgan fingerprint density at radius 2 is 1.82 bits per heavy atom. The molecule has 5 aliphatic rings. The SMILES string of the molecule is CCN1c2ccc(C(=O)NC3CCCC3)cc2[C@]23C4CC42CCCC[C@H]3C1c1ccccc1. The molecular formula is C30H36N2O. The van der Waals surface area contributed by atoms with Crippen LogP contribution in [0.1, 0.15) is 92.2 Å². The highest BCUT2D eigenvalue weighted by molar-refractivity contribution is 5.95. The second-order valence-electron chi connectivity index (χ2n) is 11.5. The van der Waals surface area contributed by atoms with Crippen LogP contribution in [0.3, 0.4) is 0 Å². The number of carbonyl (C=O) groups excluding carboxylic acids is 1. The molecule has 1 amide bonds. The Morgan fingerprint density at radius 3 is 2.58 bits per heavy atom. The summed E-state index contributed by atoms with van der Waals surface area (Å²) in [6.45, 7) is 3.31.